The zero-order chi connectivity index (χ0) is 19.6. The van der Waals surface area contributed by atoms with E-state index in [1.165, 1.54) is 30.0 Å². The number of ether oxygens (including phenoxy) is 3. The summed E-state index contributed by atoms with van der Waals surface area (Å²) in [7, 11) is 0. The number of hydrogen-bond acceptors (Lipinski definition) is 5. The molecular formula is C18H21F2NO6. The van der Waals surface area contributed by atoms with Crippen LogP contribution in [0.5, 0.6) is 17.2 Å². The van der Waals surface area contributed by atoms with Gasteiger partial charge in [0.05, 0.1) is 13.2 Å². The Morgan fingerprint density at radius 2 is 2.04 bits per heavy atom. The van der Waals surface area contributed by atoms with Crippen LogP contribution in [0.4, 0.5) is 8.78 Å². The average molecular weight is 385 g/mol. The second kappa shape index (κ2) is 7.98. The maximum absolute atomic E-state index is 12.6. The highest BCUT2D eigenvalue weighted by Crippen LogP contribution is 2.36. The molecule has 2 atom stereocenters. The van der Waals surface area contributed by atoms with Crippen molar-refractivity contribution in [2.45, 2.75) is 44.9 Å². The summed E-state index contributed by atoms with van der Waals surface area (Å²) < 4.78 is 41.0. The Bertz CT molecular complexity index is 687. The number of carbonyl (C=O) groups is 2. The molecule has 148 valence electrons. The number of benzene rings is 1. The van der Waals surface area contributed by atoms with E-state index in [0.29, 0.717) is 18.3 Å². The second-order valence-electron chi connectivity index (χ2n) is 6.74. The Morgan fingerprint density at radius 3 is 2.59 bits per heavy atom. The summed E-state index contributed by atoms with van der Waals surface area (Å²) in [5.74, 6) is -0.617. The van der Waals surface area contributed by atoms with Gasteiger partial charge in [0.2, 0.25) is 5.91 Å². The number of rotatable bonds is 8. The number of carbonyl (C=O) groups excluding carboxylic acids is 1. The summed E-state index contributed by atoms with van der Waals surface area (Å²) in [5, 5.41) is 9.25. The van der Waals surface area contributed by atoms with Crippen molar-refractivity contribution in [2.75, 3.05) is 13.2 Å². The highest BCUT2D eigenvalue weighted by atomic mass is 19.3. The molecule has 1 saturated heterocycles. The molecule has 1 aromatic rings. The quantitative estimate of drug-likeness (QED) is 0.740. The first-order chi connectivity index (χ1) is 12.8. The number of carboxylic acids is 1. The van der Waals surface area contributed by atoms with Crippen LogP contribution in [-0.2, 0) is 9.59 Å². The van der Waals surface area contributed by atoms with Crippen LogP contribution in [0.3, 0.4) is 0 Å². The average Bonchev–Trinajstić information content (AvgIpc) is 3.32. The van der Waals surface area contributed by atoms with Gasteiger partial charge in [0.1, 0.15) is 17.9 Å². The van der Waals surface area contributed by atoms with Gasteiger partial charge in [0.25, 0.3) is 0 Å². The van der Waals surface area contributed by atoms with Crippen LogP contribution < -0.4 is 14.2 Å². The van der Waals surface area contributed by atoms with Crippen LogP contribution in [0.15, 0.2) is 18.2 Å². The smallest absolute Gasteiger partial charge is 0.387 e. The van der Waals surface area contributed by atoms with Crippen molar-refractivity contribution >= 4 is 11.9 Å². The van der Waals surface area contributed by atoms with Crippen molar-refractivity contribution in [2.24, 2.45) is 5.92 Å². The number of likely N-dealkylation sites (tertiary alicyclic amines) is 1. The van der Waals surface area contributed by atoms with E-state index in [1.54, 1.807) is 0 Å². The summed E-state index contributed by atoms with van der Waals surface area (Å²) in [6.45, 7) is -1.13. The number of amides is 1. The molecule has 1 aliphatic carbocycles. The summed E-state index contributed by atoms with van der Waals surface area (Å²) in [6, 6.07) is 3.29. The van der Waals surface area contributed by atoms with Gasteiger partial charge in [-0.15, -0.1) is 0 Å². The lowest BCUT2D eigenvalue weighted by Crippen LogP contribution is -2.39. The summed E-state index contributed by atoms with van der Waals surface area (Å²) >= 11 is 0. The molecule has 2 aliphatic rings. The highest BCUT2D eigenvalue weighted by Gasteiger charge is 2.39. The molecule has 1 unspecified atom stereocenters. The number of hydrogen-bond donors (Lipinski definition) is 1. The predicted molar refractivity (Wildman–Crippen MR) is 89.1 cm³/mol. The largest absolute Gasteiger partial charge is 0.489 e. The molecule has 0 aromatic heterocycles. The van der Waals surface area contributed by atoms with Crippen molar-refractivity contribution in [3.63, 3.8) is 0 Å². The molecular weight excluding hydrogens is 364 g/mol. The number of alkyl halides is 2. The molecule has 1 saturated carbocycles. The molecule has 1 N–H and O–H groups in total. The van der Waals surface area contributed by atoms with Gasteiger partial charge in [-0.05, 0) is 30.9 Å². The van der Waals surface area contributed by atoms with E-state index in [0.717, 1.165) is 12.8 Å². The van der Waals surface area contributed by atoms with Crippen LogP contribution in [0.2, 0.25) is 0 Å². The molecule has 1 aliphatic heterocycles. The molecule has 27 heavy (non-hydrogen) atoms. The third-order valence-corrected chi connectivity index (χ3v) is 4.56. The Balaban J connectivity index is 1.71. The Labute approximate surface area is 154 Å². The Kier molecular flexibility index (Phi) is 5.67. The van der Waals surface area contributed by atoms with Gasteiger partial charge < -0.3 is 24.2 Å². The lowest BCUT2D eigenvalue weighted by Gasteiger charge is -2.19. The number of aliphatic carboxylic acids is 1. The molecule has 0 radical (unpaired) electrons. The van der Waals surface area contributed by atoms with Crippen molar-refractivity contribution < 1.29 is 37.7 Å². The number of nitrogens with zero attached hydrogens (tertiary/aromatic N) is 1. The minimum atomic E-state index is -2.98. The van der Waals surface area contributed by atoms with Crippen LogP contribution >= 0.6 is 0 Å². The first-order valence-electron chi connectivity index (χ1n) is 8.71. The fraction of sp³-hybridized carbons (Fsp3) is 0.556. The van der Waals surface area contributed by atoms with Crippen molar-refractivity contribution in [3.8, 4) is 17.2 Å². The fourth-order valence-electron chi connectivity index (χ4n) is 3.02. The van der Waals surface area contributed by atoms with Gasteiger partial charge in [-0.3, -0.25) is 4.79 Å². The van der Waals surface area contributed by atoms with E-state index < -0.39 is 24.7 Å². The van der Waals surface area contributed by atoms with E-state index in [1.807, 2.05) is 0 Å². The zero-order valence-corrected chi connectivity index (χ0v) is 14.8. The lowest BCUT2D eigenvalue weighted by molar-refractivity contribution is -0.147. The topological polar surface area (TPSA) is 85.3 Å². The first-order valence-corrected chi connectivity index (χ1v) is 8.71. The standard InChI is InChI=1S/C18H21F2NO6/c1-10(22)21-8-13(6-14(21)17(23)24)26-12-4-5-15(27-18(19)20)16(7-12)25-9-11-2-3-11/h4-5,7,11,13-14,18H,2-3,6,8-9H2,1H3,(H,23,24)/t13?,14-/m0/s1. The summed E-state index contributed by atoms with van der Waals surface area (Å²) in [5.41, 5.74) is 0. The monoisotopic (exact) mass is 385 g/mol. The molecule has 2 fully saturated rings. The second-order valence-corrected chi connectivity index (χ2v) is 6.74. The van der Waals surface area contributed by atoms with E-state index in [4.69, 9.17) is 9.47 Å². The van der Waals surface area contributed by atoms with E-state index >= 15 is 0 Å². The Morgan fingerprint density at radius 1 is 1.30 bits per heavy atom. The summed E-state index contributed by atoms with van der Waals surface area (Å²) in [6.07, 6.45) is 1.71. The van der Waals surface area contributed by atoms with Crippen LogP contribution in [0, 0.1) is 5.92 Å². The van der Waals surface area contributed by atoms with Gasteiger partial charge >= 0.3 is 12.6 Å². The minimum absolute atomic E-state index is 0.0850. The third kappa shape index (κ3) is 4.99. The van der Waals surface area contributed by atoms with Gasteiger partial charge in [0, 0.05) is 19.4 Å². The van der Waals surface area contributed by atoms with Crippen LogP contribution in [-0.4, -0.2) is 53.8 Å². The minimum Gasteiger partial charge on any atom is -0.489 e. The van der Waals surface area contributed by atoms with Gasteiger partial charge in [0.15, 0.2) is 11.5 Å². The molecule has 1 amide bonds. The SMILES string of the molecule is CC(=O)N1CC(Oc2ccc(OC(F)F)c(OCC3CC3)c2)C[C@H]1C(=O)O. The molecule has 1 heterocycles. The molecule has 7 nitrogen and oxygen atoms in total. The molecule has 0 bridgehead atoms. The molecule has 9 heteroatoms. The molecule has 0 spiro atoms. The molecule has 1 aromatic carbocycles. The van der Waals surface area contributed by atoms with Gasteiger partial charge in [-0.1, -0.05) is 0 Å². The number of halogens is 2. The van der Waals surface area contributed by atoms with Crippen molar-refractivity contribution in [1.29, 1.82) is 0 Å². The van der Waals surface area contributed by atoms with E-state index in [-0.39, 0.29) is 30.4 Å². The van der Waals surface area contributed by atoms with Crippen LogP contribution in [0.25, 0.3) is 0 Å². The van der Waals surface area contributed by atoms with Crippen molar-refractivity contribution in [3.05, 3.63) is 18.2 Å². The van der Waals surface area contributed by atoms with Crippen LogP contribution in [0.1, 0.15) is 26.2 Å². The number of carboxylic acid groups (broad SMARTS) is 1. The van der Waals surface area contributed by atoms with Gasteiger partial charge in [-0.25, -0.2) is 4.79 Å². The lowest BCUT2D eigenvalue weighted by atomic mass is 10.2. The summed E-state index contributed by atoms with van der Waals surface area (Å²) in [4.78, 5) is 24.2. The fourth-order valence-corrected chi connectivity index (χ4v) is 3.02. The molecule has 3 rings (SSSR count). The van der Waals surface area contributed by atoms with E-state index in [2.05, 4.69) is 4.74 Å². The van der Waals surface area contributed by atoms with Crippen molar-refractivity contribution in [1.82, 2.24) is 4.90 Å². The maximum atomic E-state index is 12.6. The van der Waals surface area contributed by atoms with Gasteiger partial charge in [-0.2, -0.15) is 8.78 Å². The third-order valence-electron chi connectivity index (χ3n) is 4.56. The Hall–Kier alpha value is -2.58. The normalized spacial score (nSPS) is 22.0. The first kappa shape index (κ1) is 19.2. The zero-order valence-electron chi connectivity index (χ0n) is 14.8. The predicted octanol–water partition coefficient (Wildman–Crippen LogP) is 2.53. The highest BCUT2D eigenvalue weighted by molar-refractivity contribution is 5.83. The van der Waals surface area contributed by atoms with E-state index in [9.17, 15) is 23.5 Å². The maximum Gasteiger partial charge on any atom is 0.387 e.